The number of ether oxygens (including phenoxy) is 1. The van der Waals surface area contributed by atoms with Crippen LogP contribution in [0.15, 0.2) is 42.6 Å². The number of hydrogen-bond donors (Lipinski definition) is 2. The van der Waals surface area contributed by atoms with E-state index in [-0.39, 0.29) is 11.8 Å². The van der Waals surface area contributed by atoms with Crippen molar-refractivity contribution in [2.45, 2.75) is 6.54 Å². The normalized spacial score (nSPS) is 14.3. The first-order valence-corrected chi connectivity index (χ1v) is 8.22. The minimum absolute atomic E-state index is 0.0900. The summed E-state index contributed by atoms with van der Waals surface area (Å²) in [5.41, 5.74) is 1.73. The average molecular weight is 342 g/mol. The Morgan fingerprint density at radius 3 is 2.60 bits per heavy atom. The standard InChI is InChI=1S/C18H22N4O3/c1-25-17-7-6-14(12-19-17)13-20-18(24)22-10-8-21(9-11-22)15-4-2-3-5-16(15)23/h2-7,12,23H,8-11,13H2,1H3,(H,20,24). The van der Waals surface area contributed by atoms with Crippen molar-refractivity contribution in [3.05, 3.63) is 48.2 Å². The van der Waals surface area contributed by atoms with Crippen molar-refractivity contribution in [2.24, 2.45) is 0 Å². The number of aromatic nitrogens is 1. The first-order valence-electron chi connectivity index (χ1n) is 8.22. The van der Waals surface area contributed by atoms with Gasteiger partial charge in [0.05, 0.1) is 12.8 Å². The van der Waals surface area contributed by atoms with Crippen molar-refractivity contribution in [3.63, 3.8) is 0 Å². The van der Waals surface area contributed by atoms with Gasteiger partial charge in [0.2, 0.25) is 5.88 Å². The van der Waals surface area contributed by atoms with Crippen LogP contribution in [-0.4, -0.2) is 54.3 Å². The zero-order valence-electron chi connectivity index (χ0n) is 14.2. The summed E-state index contributed by atoms with van der Waals surface area (Å²) >= 11 is 0. The van der Waals surface area contributed by atoms with E-state index >= 15 is 0 Å². The number of phenols is 1. The Hall–Kier alpha value is -2.96. The number of benzene rings is 1. The van der Waals surface area contributed by atoms with E-state index in [4.69, 9.17) is 4.74 Å². The Kier molecular flexibility index (Phi) is 5.23. The van der Waals surface area contributed by atoms with Crippen molar-refractivity contribution in [1.29, 1.82) is 0 Å². The highest BCUT2D eigenvalue weighted by Gasteiger charge is 2.22. The van der Waals surface area contributed by atoms with Crippen LogP contribution in [0.4, 0.5) is 10.5 Å². The molecule has 1 saturated heterocycles. The Balaban J connectivity index is 1.49. The van der Waals surface area contributed by atoms with Crippen molar-refractivity contribution in [3.8, 4) is 11.6 Å². The van der Waals surface area contributed by atoms with E-state index in [1.165, 1.54) is 0 Å². The maximum Gasteiger partial charge on any atom is 0.317 e. The number of phenolic OH excluding ortho intramolecular Hbond substituents is 1. The molecule has 7 heteroatoms. The monoisotopic (exact) mass is 342 g/mol. The molecule has 0 bridgehead atoms. The number of para-hydroxylation sites is 2. The van der Waals surface area contributed by atoms with Crippen LogP contribution in [0.25, 0.3) is 0 Å². The Bertz CT molecular complexity index is 713. The number of pyridine rings is 1. The summed E-state index contributed by atoms with van der Waals surface area (Å²) in [6.45, 7) is 3.03. The lowest BCUT2D eigenvalue weighted by Gasteiger charge is -2.36. The highest BCUT2D eigenvalue weighted by molar-refractivity contribution is 5.74. The van der Waals surface area contributed by atoms with Crippen molar-refractivity contribution < 1.29 is 14.6 Å². The fraction of sp³-hybridized carbons (Fsp3) is 0.333. The van der Waals surface area contributed by atoms with Gasteiger partial charge in [-0.3, -0.25) is 0 Å². The molecule has 25 heavy (non-hydrogen) atoms. The highest BCUT2D eigenvalue weighted by atomic mass is 16.5. The number of amides is 2. The Morgan fingerprint density at radius 2 is 1.96 bits per heavy atom. The second-order valence-electron chi connectivity index (χ2n) is 5.83. The number of anilines is 1. The first-order chi connectivity index (χ1) is 12.2. The van der Waals surface area contributed by atoms with E-state index in [0.29, 0.717) is 38.6 Å². The fourth-order valence-electron chi connectivity index (χ4n) is 2.81. The second-order valence-corrected chi connectivity index (χ2v) is 5.83. The molecule has 1 aliphatic heterocycles. The number of urea groups is 1. The molecule has 1 aromatic heterocycles. The third-order valence-corrected chi connectivity index (χ3v) is 4.24. The van der Waals surface area contributed by atoms with Gasteiger partial charge in [0.1, 0.15) is 5.75 Å². The van der Waals surface area contributed by atoms with E-state index in [1.807, 2.05) is 18.2 Å². The minimum atomic E-state index is -0.0900. The van der Waals surface area contributed by atoms with Crippen molar-refractivity contribution in [1.82, 2.24) is 15.2 Å². The van der Waals surface area contributed by atoms with Crippen LogP contribution in [-0.2, 0) is 6.54 Å². The van der Waals surface area contributed by atoms with Crippen LogP contribution in [0.5, 0.6) is 11.6 Å². The van der Waals surface area contributed by atoms with Gasteiger partial charge in [0, 0.05) is 45.0 Å². The zero-order valence-corrected chi connectivity index (χ0v) is 14.2. The van der Waals surface area contributed by atoms with Gasteiger partial charge in [-0.2, -0.15) is 0 Å². The molecule has 0 atom stereocenters. The molecule has 0 saturated carbocycles. The van der Waals surface area contributed by atoms with Gasteiger partial charge in [-0.1, -0.05) is 18.2 Å². The summed E-state index contributed by atoms with van der Waals surface area (Å²) in [6.07, 6.45) is 1.69. The third kappa shape index (κ3) is 4.12. The molecule has 2 N–H and O–H groups in total. The molecule has 7 nitrogen and oxygen atoms in total. The number of carbonyl (C=O) groups excluding carboxylic acids is 1. The van der Waals surface area contributed by atoms with Gasteiger partial charge in [0.15, 0.2) is 0 Å². The summed E-state index contributed by atoms with van der Waals surface area (Å²) in [7, 11) is 1.57. The predicted octanol–water partition coefficient (Wildman–Crippen LogP) is 1.83. The van der Waals surface area contributed by atoms with Crippen molar-refractivity contribution >= 4 is 11.7 Å². The summed E-state index contributed by atoms with van der Waals surface area (Å²) in [4.78, 5) is 20.3. The summed E-state index contributed by atoms with van der Waals surface area (Å²) in [5.74, 6) is 0.822. The zero-order chi connectivity index (χ0) is 17.6. The lowest BCUT2D eigenvalue weighted by molar-refractivity contribution is 0.194. The number of rotatable bonds is 4. The number of carbonyl (C=O) groups is 1. The molecule has 2 amide bonds. The van der Waals surface area contributed by atoms with Gasteiger partial charge in [-0.05, 0) is 17.7 Å². The molecule has 0 aliphatic carbocycles. The highest BCUT2D eigenvalue weighted by Crippen LogP contribution is 2.27. The Morgan fingerprint density at radius 1 is 1.20 bits per heavy atom. The first kappa shape index (κ1) is 16.9. The van der Waals surface area contributed by atoms with Crippen LogP contribution < -0.4 is 15.0 Å². The average Bonchev–Trinajstić information content (AvgIpc) is 2.67. The quantitative estimate of drug-likeness (QED) is 0.886. The number of piperazine rings is 1. The SMILES string of the molecule is COc1ccc(CNC(=O)N2CCN(c3ccccc3O)CC2)cn1. The smallest absolute Gasteiger partial charge is 0.317 e. The van der Waals surface area contributed by atoms with Gasteiger partial charge < -0.3 is 25.0 Å². The molecule has 1 fully saturated rings. The van der Waals surface area contributed by atoms with Gasteiger partial charge >= 0.3 is 6.03 Å². The van der Waals surface area contributed by atoms with Crippen LogP contribution in [0.1, 0.15) is 5.56 Å². The van der Waals surface area contributed by atoms with Crippen molar-refractivity contribution in [2.75, 3.05) is 38.2 Å². The molecule has 0 radical (unpaired) electrons. The largest absolute Gasteiger partial charge is 0.506 e. The van der Waals surface area contributed by atoms with Crippen LogP contribution >= 0.6 is 0 Å². The van der Waals surface area contributed by atoms with Gasteiger partial charge in [-0.15, -0.1) is 0 Å². The number of aromatic hydroxyl groups is 1. The van der Waals surface area contributed by atoms with E-state index in [9.17, 15) is 9.90 Å². The van der Waals surface area contributed by atoms with E-state index in [2.05, 4.69) is 15.2 Å². The maximum atomic E-state index is 12.3. The topological polar surface area (TPSA) is 77.9 Å². The number of methoxy groups -OCH3 is 1. The molecular weight excluding hydrogens is 320 g/mol. The summed E-state index contributed by atoms with van der Waals surface area (Å²) < 4.78 is 5.02. The van der Waals surface area contributed by atoms with E-state index < -0.39 is 0 Å². The van der Waals surface area contributed by atoms with Crippen LogP contribution in [0.3, 0.4) is 0 Å². The molecule has 2 aromatic rings. The Labute approximate surface area is 146 Å². The molecule has 1 aromatic carbocycles. The minimum Gasteiger partial charge on any atom is -0.506 e. The summed E-state index contributed by atoms with van der Waals surface area (Å²) in [5, 5.41) is 12.8. The third-order valence-electron chi connectivity index (χ3n) is 4.24. The molecule has 0 unspecified atom stereocenters. The molecule has 0 spiro atoms. The summed E-state index contributed by atoms with van der Waals surface area (Å²) in [6, 6.07) is 10.8. The van der Waals surface area contributed by atoms with Crippen LogP contribution in [0, 0.1) is 0 Å². The number of nitrogens with zero attached hydrogens (tertiary/aromatic N) is 3. The molecule has 1 aliphatic rings. The lowest BCUT2D eigenvalue weighted by atomic mass is 10.2. The number of hydrogen-bond acceptors (Lipinski definition) is 5. The molecular formula is C18H22N4O3. The second kappa shape index (κ2) is 7.74. The van der Waals surface area contributed by atoms with E-state index in [0.717, 1.165) is 11.3 Å². The van der Waals surface area contributed by atoms with E-state index in [1.54, 1.807) is 36.4 Å². The maximum absolute atomic E-state index is 12.3. The lowest BCUT2D eigenvalue weighted by Crippen LogP contribution is -2.51. The predicted molar refractivity (Wildman–Crippen MR) is 94.9 cm³/mol. The van der Waals surface area contributed by atoms with Gasteiger partial charge in [-0.25, -0.2) is 9.78 Å². The molecule has 132 valence electrons. The fourth-order valence-corrected chi connectivity index (χ4v) is 2.81. The van der Waals surface area contributed by atoms with Crippen LogP contribution in [0.2, 0.25) is 0 Å². The molecule has 3 rings (SSSR count). The number of nitrogens with one attached hydrogen (secondary N) is 1. The molecule has 2 heterocycles. The van der Waals surface area contributed by atoms with Gasteiger partial charge in [0.25, 0.3) is 0 Å².